The van der Waals surface area contributed by atoms with Gasteiger partial charge in [0.15, 0.2) is 5.96 Å². The maximum absolute atomic E-state index is 12.6. The van der Waals surface area contributed by atoms with Crippen LogP contribution in [0.4, 0.5) is 0 Å². The molecule has 0 heterocycles. The zero-order valence-corrected chi connectivity index (χ0v) is 16.7. The summed E-state index contributed by atoms with van der Waals surface area (Å²) in [6, 6.07) is -3.53. The molecule has 12 N–H and O–H groups in total. The minimum Gasteiger partial charge on any atom is -0.480 e. The van der Waals surface area contributed by atoms with Gasteiger partial charge in [-0.05, 0) is 26.2 Å². The first kappa shape index (κ1) is 26.6. The van der Waals surface area contributed by atoms with Crippen molar-refractivity contribution in [2.24, 2.45) is 27.9 Å². The van der Waals surface area contributed by atoms with E-state index in [0.29, 0.717) is 6.42 Å². The standard InChI is InChI=1S/C16H30N8O6/c1-8(15(29)30)22-13(27)10(4-5-11(18)25)24-14(28)9(23-12(26)7-17)3-2-6-21-16(19)20/h8-10H,2-7,17H2,1H3,(H2,18,25)(H,22,27)(H,23,26)(H,24,28)(H,29,30)(H4,19,20,21). The summed E-state index contributed by atoms with van der Waals surface area (Å²) < 4.78 is 0. The Morgan fingerprint density at radius 3 is 2.00 bits per heavy atom. The number of nitrogens with one attached hydrogen (secondary N) is 3. The monoisotopic (exact) mass is 430 g/mol. The average molecular weight is 430 g/mol. The average Bonchev–Trinajstić information content (AvgIpc) is 2.66. The summed E-state index contributed by atoms with van der Waals surface area (Å²) in [5.41, 5.74) is 20.8. The van der Waals surface area contributed by atoms with Crippen LogP contribution in [0.1, 0.15) is 32.6 Å². The number of aliphatic imine (C=N–C) groups is 1. The molecule has 0 aliphatic carbocycles. The second-order valence-electron chi connectivity index (χ2n) is 6.41. The van der Waals surface area contributed by atoms with E-state index in [4.69, 9.17) is 28.0 Å². The number of rotatable bonds is 14. The quantitative estimate of drug-likeness (QED) is 0.0753. The fraction of sp³-hybridized carbons (Fsp3) is 0.625. The lowest BCUT2D eigenvalue weighted by atomic mass is 10.1. The van der Waals surface area contributed by atoms with E-state index in [-0.39, 0.29) is 38.3 Å². The number of amides is 4. The molecule has 0 fully saturated rings. The van der Waals surface area contributed by atoms with Crippen molar-refractivity contribution >= 4 is 35.6 Å². The molecular weight excluding hydrogens is 400 g/mol. The number of nitrogens with zero attached hydrogens (tertiary/aromatic N) is 1. The summed E-state index contributed by atoms with van der Waals surface area (Å²) in [6.07, 6.45) is 0.0635. The third-order valence-electron chi connectivity index (χ3n) is 3.82. The van der Waals surface area contributed by atoms with E-state index < -0.39 is 47.7 Å². The number of carbonyl (C=O) groups is 5. The fourth-order valence-corrected chi connectivity index (χ4v) is 2.23. The van der Waals surface area contributed by atoms with E-state index in [0.717, 1.165) is 0 Å². The van der Waals surface area contributed by atoms with Gasteiger partial charge in [-0.2, -0.15) is 0 Å². The number of primary amides is 1. The summed E-state index contributed by atoms with van der Waals surface area (Å²) in [6.45, 7) is 1.08. The van der Waals surface area contributed by atoms with Gasteiger partial charge in [0.2, 0.25) is 23.6 Å². The molecule has 3 unspecified atom stereocenters. The van der Waals surface area contributed by atoms with Crippen molar-refractivity contribution in [3.8, 4) is 0 Å². The van der Waals surface area contributed by atoms with Gasteiger partial charge in [-0.25, -0.2) is 0 Å². The van der Waals surface area contributed by atoms with Gasteiger partial charge in [0.1, 0.15) is 18.1 Å². The highest BCUT2D eigenvalue weighted by Crippen LogP contribution is 2.03. The van der Waals surface area contributed by atoms with Crippen LogP contribution >= 0.6 is 0 Å². The first-order chi connectivity index (χ1) is 14.0. The topological polar surface area (TPSA) is 258 Å². The molecule has 0 aliphatic rings. The van der Waals surface area contributed by atoms with Crippen LogP contribution in [0.5, 0.6) is 0 Å². The molecule has 0 aromatic heterocycles. The molecule has 0 rings (SSSR count). The van der Waals surface area contributed by atoms with Crippen LogP contribution in [-0.2, 0) is 24.0 Å². The van der Waals surface area contributed by atoms with Crippen molar-refractivity contribution in [3.05, 3.63) is 0 Å². The predicted octanol–water partition coefficient (Wildman–Crippen LogP) is -4.18. The van der Waals surface area contributed by atoms with Gasteiger partial charge in [-0.3, -0.25) is 29.0 Å². The van der Waals surface area contributed by atoms with E-state index in [9.17, 15) is 24.0 Å². The third-order valence-corrected chi connectivity index (χ3v) is 3.82. The largest absolute Gasteiger partial charge is 0.480 e. The summed E-state index contributed by atoms with van der Waals surface area (Å²) in [5, 5.41) is 16.0. The number of hydrogen-bond donors (Lipinski definition) is 8. The molecule has 0 aromatic carbocycles. The van der Waals surface area contributed by atoms with Gasteiger partial charge in [0.05, 0.1) is 6.54 Å². The Labute approximate surface area is 173 Å². The van der Waals surface area contributed by atoms with Crippen LogP contribution in [-0.4, -0.2) is 71.9 Å². The Balaban J connectivity index is 5.26. The van der Waals surface area contributed by atoms with E-state index >= 15 is 0 Å². The van der Waals surface area contributed by atoms with Crippen LogP contribution in [0, 0.1) is 0 Å². The van der Waals surface area contributed by atoms with Gasteiger partial charge >= 0.3 is 5.97 Å². The van der Waals surface area contributed by atoms with Crippen molar-refractivity contribution in [2.45, 2.75) is 50.7 Å². The minimum absolute atomic E-state index is 0.127. The van der Waals surface area contributed by atoms with Crippen LogP contribution in [0.15, 0.2) is 4.99 Å². The molecule has 14 nitrogen and oxygen atoms in total. The molecule has 0 radical (unpaired) electrons. The summed E-state index contributed by atoms with van der Waals surface area (Å²) >= 11 is 0. The maximum Gasteiger partial charge on any atom is 0.325 e. The molecule has 0 spiro atoms. The summed E-state index contributed by atoms with van der Waals surface area (Å²) in [7, 11) is 0. The number of guanidine groups is 1. The van der Waals surface area contributed by atoms with Crippen molar-refractivity contribution in [1.82, 2.24) is 16.0 Å². The zero-order valence-electron chi connectivity index (χ0n) is 16.7. The highest BCUT2D eigenvalue weighted by molar-refractivity contribution is 5.93. The normalized spacial score (nSPS) is 13.3. The number of nitrogens with two attached hydrogens (primary N) is 4. The van der Waals surface area contributed by atoms with Gasteiger partial charge < -0.3 is 44.0 Å². The highest BCUT2D eigenvalue weighted by Gasteiger charge is 2.28. The fourth-order valence-electron chi connectivity index (χ4n) is 2.23. The molecule has 0 saturated carbocycles. The SMILES string of the molecule is CC(NC(=O)C(CCC(N)=O)NC(=O)C(CCCN=C(N)N)NC(=O)CN)C(=O)O. The molecule has 30 heavy (non-hydrogen) atoms. The molecule has 0 saturated heterocycles. The van der Waals surface area contributed by atoms with Crippen molar-refractivity contribution in [2.75, 3.05) is 13.1 Å². The van der Waals surface area contributed by atoms with Gasteiger partial charge in [0.25, 0.3) is 0 Å². The molecule has 14 heteroatoms. The van der Waals surface area contributed by atoms with E-state index in [1.165, 1.54) is 6.92 Å². The van der Waals surface area contributed by atoms with Crippen LogP contribution < -0.4 is 38.9 Å². The molecule has 0 aliphatic heterocycles. The zero-order chi connectivity index (χ0) is 23.3. The third kappa shape index (κ3) is 11.4. The van der Waals surface area contributed by atoms with Gasteiger partial charge in [-0.1, -0.05) is 0 Å². The number of carboxylic acids is 1. The Bertz CT molecular complexity index is 664. The molecule has 170 valence electrons. The van der Waals surface area contributed by atoms with E-state index in [2.05, 4.69) is 20.9 Å². The second kappa shape index (κ2) is 13.7. The maximum atomic E-state index is 12.6. The summed E-state index contributed by atoms with van der Waals surface area (Å²) in [5.74, 6) is -4.26. The smallest absolute Gasteiger partial charge is 0.325 e. The second-order valence-corrected chi connectivity index (χ2v) is 6.41. The lowest BCUT2D eigenvalue weighted by Gasteiger charge is -2.23. The van der Waals surface area contributed by atoms with Crippen LogP contribution in [0.25, 0.3) is 0 Å². The van der Waals surface area contributed by atoms with Gasteiger partial charge in [0, 0.05) is 13.0 Å². The number of carboxylic acid groups (broad SMARTS) is 1. The molecule has 4 amide bonds. The summed E-state index contributed by atoms with van der Waals surface area (Å²) in [4.78, 5) is 62.4. The Kier molecular flexibility index (Phi) is 12.1. The lowest BCUT2D eigenvalue weighted by molar-refractivity contribution is -0.142. The van der Waals surface area contributed by atoms with Crippen molar-refractivity contribution in [3.63, 3.8) is 0 Å². The van der Waals surface area contributed by atoms with Crippen LogP contribution in [0.2, 0.25) is 0 Å². The number of carbonyl (C=O) groups excluding carboxylic acids is 4. The molecular formula is C16H30N8O6. The van der Waals surface area contributed by atoms with Crippen molar-refractivity contribution in [1.29, 1.82) is 0 Å². The molecule has 3 atom stereocenters. The van der Waals surface area contributed by atoms with Crippen molar-refractivity contribution < 1.29 is 29.1 Å². The Morgan fingerprint density at radius 1 is 0.933 bits per heavy atom. The molecule has 0 aromatic rings. The lowest BCUT2D eigenvalue weighted by Crippen LogP contribution is -2.56. The first-order valence-electron chi connectivity index (χ1n) is 9.14. The van der Waals surface area contributed by atoms with E-state index in [1.807, 2.05) is 0 Å². The van der Waals surface area contributed by atoms with E-state index in [1.54, 1.807) is 0 Å². The molecule has 0 bridgehead atoms. The number of aliphatic carboxylic acids is 1. The Morgan fingerprint density at radius 2 is 1.50 bits per heavy atom. The van der Waals surface area contributed by atoms with Crippen LogP contribution in [0.3, 0.4) is 0 Å². The first-order valence-corrected chi connectivity index (χ1v) is 9.14. The minimum atomic E-state index is -1.28. The highest BCUT2D eigenvalue weighted by atomic mass is 16.4. The number of hydrogen-bond acceptors (Lipinski definition) is 7. The Hall–Kier alpha value is -3.42. The van der Waals surface area contributed by atoms with Gasteiger partial charge in [-0.15, -0.1) is 0 Å². The predicted molar refractivity (Wildman–Crippen MR) is 106 cm³/mol.